The highest BCUT2D eigenvalue weighted by Gasteiger charge is 2.52. The van der Waals surface area contributed by atoms with Crippen LogP contribution in [0, 0.1) is 0 Å². The van der Waals surface area contributed by atoms with Gasteiger partial charge < -0.3 is 15.8 Å². The molecule has 0 bridgehead atoms. The van der Waals surface area contributed by atoms with E-state index < -0.39 is 11.5 Å². The molecule has 3 rings (SSSR count). The number of hydrogen-bond donors (Lipinski definition) is 2. The fourth-order valence-electron chi connectivity index (χ4n) is 2.44. The molecule has 1 fully saturated rings. The van der Waals surface area contributed by atoms with Crippen LogP contribution in [0.3, 0.4) is 0 Å². The minimum absolute atomic E-state index is 0.346. The summed E-state index contributed by atoms with van der Waals surface area (Å²) in [5.74, 6) is -0.753. The number of rotatable bonds is 3. The van der Waals surface area contributed by atoms with E-state index in [0.29, 0.717) is 24.1 Å². The highest BCUT2D eigenvalue weighted by molar-refractivity contribution is 6.06. The van der Waals surface area contributed by atoms with E-state index in [0.717, 1.165) is 10.8 Å². The number of esters is 1. The SMILES string of the molecule is COC(=O)C1(NC(=O)c2cc3ccccc3cc2N)CC1. The first-order chi connectivity index (χ1) is 10.1. The third-order valence-electron chi connectivity index (χ3n) is 3.84. The van der Waals surface area contributed by atoms with Crippen LogP contribution in [-0.4, -0.2) is 24.5 Å². The third kappa shape index (κ3) is 2.31. The quantitative estimate of drug-likeness (QED) is 0.666. The summed E-state index contributed by atoms with van der Waals surface area (Å²) in [4.78, 5) is 24.1. The van der Waals surface area contributed by atoms with Crippen LogP contribution in [0.15, 0.2) is 36.4 Å². The zero-order chi connectivity index (χ0) is 15.0. The van der Waals surface area contributed by atoms with Crippen molar-refractivity contribution in [1.82, 2.24) is 5.32 Å². The van der Waals surface area contributed by atoms with Gasteiger partial charge in [-0.3, -0.25) is 4.79 Å². The zero-order valence-electron chi connectivity index (χ0n) is 11.7. The molecule has 1 saturated carbocycles. The van der Waals surface area contributed by atoms with Gasteiger partial charge in [0.05, 0.1) is 12.7 Å². The van der Waals surface area contributed by atoms with Crippen molar-refractivity contribution >= 4 is 28.3 Å². The minimum Gasteiger partial charge on any atom is -0.467 e. The Kier molecular flexibility index (Phi) is 3.05. The summed E-state index contributed by atoms with van der Waals surface area (Å²) >= 11 is 0. The van der Waals surface area contributed by atoms with E-state index in [1.54, 1.807) is 12.1 Å². The van der Waals surface area contributed by atoms with Crippen LogP contribution >= 0.6 is 0 Å². The molecule has 0 heterocycles. The Labute approximate surface area is 122 Å². The molecule has 0 atom stereocenters. The molecule has 0 saturated heterocycles. The number of carbonyl (C=O) groups is 2. The van der Waals surface area contributed by atoms with Crippen molar-refractivity contribution in [2.24, 2.45) is 0 Å². The summed E-state index contributed by atoms with van der Waals surface area (Å²) in [5, 5.41) is 4.65. The van der Waals surface area contributed by atoms with Crippen LogP contribution in [0.2, 0.25) is 0 Å². The lowest BCUT2D eigenvalue weighted by Crippen LogP contribution is -2.44. The maximum absolute atomic E-state index is 12.4. The van der Waals surface area contributed by atoms with Crippen LogP contribution in [-0.2, 0) is 9.53 Å². The molecule has 3 N–H and O–H groups in total. The van der Waals surface area contributed by atoms with E-state index in [2.05, 4.69) is 5.32 Å². The molecule has 2 aromatic carbocycles. The van der Waals surface area contributed by atoms with Crippen molar-refractivity contribution in [2.75, 3.05) is 12.8 Å². The lowest BCUT2D eigenvalue weighted by molar-refractivity contribution is -0.144. The predicted octanol–water partition coefficient (Wildman–Crippen LogP) is 1.86. The maximum atomic E-state index is 12.4. The Morgan fingerprint density at radius 1 is 1.19 bits per heavy atom. The van der Waals surface area contributed by atoms with Crippen LogP contribution < -0.4 is 11.1 Å². The molecule has 5 nitrogen and oxygen atoms in total. The van der Waals surface area contributed by atoms with Crippen LogP contribution in [0.1, 0.15) is 23.2 Å². The molecule has 0 aliphatic heterocycles. The Balaban J connectivity index is 1.91. The number of nitrogens with one attached hydrogen (secondary N) is 1. The normalized spacial score (nSPS) is 15.5. The molecule has 0 aromatic heterocycles. The van der Waals surface area contributed by atoms with Gasteiger partial charge in [-0.15, -0.1) is 0 Å². The standard InChI is InChI=1S/C16H16N2O3/c1-21-15(20)16(6-7-16)18-14(19)12-8-10-4-2-3-5-11(10)9-13(12)17/h2-5,8-9H,6-7,17H2,1H3,(H,18,19). The number of carbonyl (C=O) groups excluding carboxylic acids is 2. The van der Waals surface area contributed by atoms with E-state index in [9.17, 15) is 9.59 Å². The Hall–Kier alpha value is -2.56. The average molecular weight is 284 g/mol. The molecule has 2 aromatic rings. The second-order valence-corrected chi connectivity index (χ2v) is 5.31. The molecule has 21 heavy (non-hydrogen) atoms. The van der Waals surface area contributed by atoms with Crippen molar-refractivity contribution in [3.63, 3.8) is 0 Å². The van der Waals surface area contributed by atoms with Gasteiger partial charge in [-0.05, 0) is 35.7 Å². The van der Waals surface area contributed by atoms with E-state index in [4.69, 9.17) is 10.5 Å². The van der Waals surface area contributed by atoms with Gasteiger partial charge >= 0.3 is 5.97 Å². The molecule has 0 radical (unpaired) electrons. The van der Waals surface area contributed by atoms with E-state index in [1.807, 2.05) is 24.3 Å². The summed E-state index contributed by atoms with van der Waals surface area (Å²) < 4.78 is 4.73. The van der Waals surface area contributed by atoms with Gasteiger partial charge in [0.2, 0.25) is 0 Å². The number of methoxy groups -OCH3 is 1. The average Bonchev–Trinajstić information content (AvgIpc) is 3.26. The molecule has 0 spiro atoms. The number of benzene rings is 2. The summed E-state index contributed by atoms with van der Waals surface area (Å²) in [6, 6.07) is 11.2. The molecular weight excluding hydrogens is 268 g/mol. The van der Waals surface area contributed by atoms with Gasteiger partial charge in [0.1, 0.15) is 5.54 Å². The van der Waals surface area contributed by atoms with Crippen LogP contribution in [0.4, 0.5) is 5.69 Å². The number of nitrogen functional groups attached to an aromatic ring is 1. The van der Waals surface area contributed by atoms with Gasteiger partial charge in [0, 0.05) is 5.69 Å². The van der Waals surface area contributed by atoms with Gasteiger partial charge in [-0.1, -0.05) is 24.3 Å². The molecule has 5 heteroatoms. The van der Waals surface area contributed by atoms with Crippen molar-refractivity contribution in [1.29, 1.82) is 0 Å². The highest BCUT2D eigenvalue weighted by atomic mass is 16.5. The number of hydrogen-bond acceptors (Lipinski definition) is 4. The summed E-state index contributed by atoms with van der Waals surface area (Å²) in [6.07, 6.45) is 1.19. The van der Waals surface area contributed by atoms with Gasteiger partial charge in [-0.2, -0.15) is 0 Å². The number of amides is 1. The van der Waals surface area contributed by atoms with E-state index >= 15 is 0 Å². The lowest BCUT2D eigenvalue weighted by Gasteiger charge is -2.16. The summed E-state index contributed by atoms with van der Waals surface area (Å²) in [5.41, 5.74) is 5.86. The topological polar surface area (TPSA) is 81.4 Å². The number of nitrogens with two attached hydrogens (primary N) is 1. The summed E-state index contributed by atoms with van der Waals surface area (Å²) in [6.45, 7) is 0. The van der Waals surface area contributed by atoms with Crippen molar-refractivity contribution < 1.29 is 14.3 Å². The first-order valence-electron chi connectivity index (χ1n) is 6.75. The first-order valence-corrected chi connectivity index (χ1v) is 6.75. The van der Waals surface area contributed by atoms with Crippen LogP contribution in [0.5, 0.6) is 0 Å². The Bertz CT molecular complexity index is 735. The smallest absolute Gasteiger partial charge is 0.331 e. The second-order valence-electron chi connectivity index (χ2n) is 5.31. The number of anilines is 1. The Morgan fingerprint density at radius 3 is 2.38 bits per heavy atom. The fraction of sp³-hybridized carbons (Fsp3) is 0.250. The molecule has 1 amide bonds. The number of ether oxygens (including phenoxy) is 1. The van der Waals surface area contributed by atoms with Gasteiger partial charge in [0.25, 0.3) is 5.91 Å². The van der Waals surface area contributed by atoms with E-state index in [-0.39, 0.29) is 5.91 Å². The van der Waals surface area contributed by atoms with Crippen molar-refractivity contribution in [3.05, 3.63) is 42.0 Å². The molecular formula is C16H16N2O3. The second kappa shape index (κ2) is 4.77. The largest absolute Gasteiger partial charge is 0.467 e. The van der Waals surface area contributed by atoms with E-state index in [1.165, 1.54) is 7.11 Å². The third-order valence-corrected chi connectivity index (χ3v) is 3.84. The monoisotopic (exact) mass is 284 g/mol. The molecule has 1 aliphatic rings. The van der Waals surface area contributed by atoms with Crippen LogP contribution in [0.25, 0.3) is 10.8 Å². The zero-order valence-corrected chi connectivity index (χ0v) is 11.7. The highest BCUT2D eigenvalue weighted by Crippen LogP contribution is 2.37. The number of fused-ring (bicyclic) bond motifs is 1. The summed E-state index contributed by atoms with van der Waals surface area (Å²) in [7, 11) is 1.32. The predicted molar refractivity (Wildman–Crippen MR) is 79.8 cm³/mol. The van der Waals surface area contributed by atoms with Gasteiger partial charge in [0.15, 0.2) is 0 Å². The first kappa shape index (κ1) is 13.4. The maximum Gasteiger partial charge on any atom is 0.331 e. The van der Waals surface area contributed by atoms with Crippen molar-refractivity contribution in [2.45, 2.75) is 18.4 Å². The fourth-order valence-corrected chi connectivity index (χ4v) is 2.44. The lowest BCUT2D eigenvalue weighted by atomic mass is 10.0. The van der Waals surface area contributed by atoms with Gasteiger partial charge in [-0.25, -0.2) is 4.79 Å². The Morgan fingerprint density at radius 2 is 1.81 bits per heavy atom. The minimum atomic E-state index is -0.871. The molecule has 108 valence electrons. The molecule has 0 unspecified atom stereocenters. The van der Waals surface area contributed by atoms with Crippen molar-refractivity contribution in [3.8, 4) is 0 Å². The molecule has 1 aliphatic carbocycles.